The maximum atomic E-state index is 12.7. The minimum absolute atomic E-state index is 0.255. The normalized spacial score (nSPS) is 15.2. The molecule has 1 saturated heterocycles. The minimum atomic E-state index is -0.255. The second-order valence-electron chi connectivity index (χ2n) is 11.3. The molecule has 0 spiro atoms. The van der Waals surface area contributed by atoms with E-state index in [1.165, 1.54) is 26.7 Å². The fourth-order valence-corrected chi connectivity index (χ4v) is 6.97. The van der Waals surface area contributed by atoms with Gasteiger partial charge in [-0.2, -0.15) is 0 Å². The van der Waals surface area contributed by atoms with Crippen molar-refractivity contribution in [1.82, 2.24) is 9.80 Å². The van der Waals surface area contributed by atoms with Gasteiger partial charge in [-0.1, -0.05) is 47.6 Å². The number of halogens is 1. The molecular weight excluding hydrogens is 576 g/mol. The Labute approximate surface area is 263 Å². The highest BCUT2D eigenvalue weighted by Gasteiger charge is 2.24. The summed E-state index contributed by atoms with van der Waals surface area (Å²) in [5.41, 5.74) is 5.38. The SMILES string of the molecule is Cc1cc[n+](Cc2cccc(C(=O)OCCN3CCN(CCCN4c5ccccc5Sc5ccc(Cl)cc54)CC3)c2)cc1. The molecule has 0 unspecified atom stereocenters. The first-order chi connectivity index (χ1) is 21.0. The van der Waals surface area contributed by atoms with Gasteiger partial charge < -0.3 is 14.5 Å². The Balaban J connectivity index is 0.929. The first kappa shape index (κ1) is 29.7. The van der Waals surface area contributed by atoms with Crippen LogP contribution < -0.4 is 9.47 Å². The molecule has 6 rings (SSSR count). The van der Waals surface area contributed by atoms with Crippen molar-refractivity contribution in [2.24, 2.45) is 0 Å². The van der Waals surface area contributed by atoms with Crippen LogP contribution in [0.3, 0.4) is 0 Å². The maximum Gasteiger partial charge on any atom is 0.338 e. The van der Waals surface area contributed by atoms with E-state index in [4.69, 9.17) is 16.3 Å². The Bertz CT molecular complexity index is 1560. The van der Waals surface area contributed by atoms with Crippen molar-refractivity contribution in [3.05, 3.63) is 113 Å². The van der Waals surface area contributed by atoms with Crippen LogP contribution in [-0.4, -0.2) is 68.2 Å². The van der Waals surface area contributed by atoms with E-state index in [1.807, 2.05) is 42.1 Å². The monoisotopic (exact) mass is 613 g/mol. The number of carbonyl (C=O) groups excluding carboxylic acids is 1. The van der Waals surface area contributed by atoms with Gasteiger partial charge in [0.1, 0.15) is 6.61 Å². The molecule has 43 heavy (non-hydrogen) atoms. The molecule has 1 fully saturated rings. The fraction of sp³-hybridized carbons (Fsp3) is 0.314. The van der Waals surface area contributed by atoms with Crippen molar-refractivity contribution < 1.29 is 14.1 Å². The molecule has 3 aromatic carbocycles. The van der Waals surface area contributed by atoms with Crippen LogP contribution in [0.5, 0.6) is 0 Å². The standard InChI is InChI=1S/C35H38ClN4O2S/c1-27-12-16-39(17-13-27)26-28-6-4-7-29(24-28)35(41)42-23-22-38-20-18-37(19-21-38)14-5-15-40-31-8-2-3-9-33(31)43-34-11-10-30(36)25-32(34)40/h2-4,6-13,16-17,24-25H,5,14-15,18-23,26H2,1H3/q+1. The lowest BCUT2D eigenvalue weighted by molar-refractivity contribution is -0.688. The van der Waals surface area contributed by atoms with Crippen LogP contribution in [0.4, 0.5) is 11.4 Å². The summed E-state index contributed by atoms with van der Waals surface area (Å²) >= 11 is 8.20. The molecule has 2 aliphatic heterocycles. The predicted molar refractivity (Wildman–Crippen MR) is 174 cm³/mol. The largest absolute Gasteiger partial charge is 0.461 e. The Morgan fingerprint density at radius 3 is 2.40 bits per heavy atom. The number of nitrogens with zero attached hydrogens (tertiary/aromatic N) is 4. The fourth-order valence-electron chi connectivity index (χ4n) is 5.73. The molecule has 0 aliphatic carbocycles. The number of pyridine rings is 1. The lowest BCUT2D eigenvalue weighted by atomic mass is 10.1. The summed E-state index contributed by atoms with van der Waals surface area (Å²) in [7, 11) is 0. The molecule has 0 saturated carbocycles. The van der Waals surface area contributed by atoms with Gasteiger partial charge in [0.15, 0.2) is 18.9 Å². The lowest BCUT2D eigenvalue weighted by Crippen LogP contribution is -2.47. The van der Waals surface area contributed by atoms with Crippen molar-refractivity contribution in [1.29, 1.82) is 0 Å². The number of aryl methyl sites for hydroxylation is 1. The second kappa shape index (κ2) is 14.0. The number of piperazine rings is 1. The van der Waals surface area contributed by atoms with Gasteiger partial charge in [0.2, 0.25) is 0 Å². The average molecular weight is 614 g/mol. The molecule has 1 aromatic heterocycles. The van der Waals surface area contributed by atoms with Gasteiger partial charge in [-0.3, -0.25) is 4.90 Å². The highest BCUT2D eigenvalue weighted by atomic mass is 35.5. The number of fused-ring (bicyclic) bond motifs is 2. The summed E-state index contributed by atoms with van der Waals surface area (Å²) in [6, 6.07) is 26.7. The number of carbonyl (C=O) groups is 1. The number of hydrogen-bond acceptors (Lipinski definition) is 6. The lowest BCUT2D eigenvalue weighted by Gasteiger charge is -2.36. The first-order valence-corrected chi connectivity index (χ1v) is 16.2. The van der Waals surface area contributed by atoms with Crippen LogP contribution in [-0.2, 0) is 11.3 Å². The molecule has 0 radical (unpaired) electrons. The highest BCUT2D eigenvalue weighted by Crippen LogP contribution is 2.48. The Hall–Kier alpha value is -3.36. The number of hydrogen-bond donors (Lipinski definition) is 0. The van der Waals surface area contributed by atoms with Crippen LogP contribution in [0, 0.1) is 6.92 Å². The topological polar surface area (TPSA) is 39.9 Å². The van der Waals surface area contributed by atoms with Gasteiger partial charge in [0, 0.05) is 71.8 Å². The molecule has 6 nitrogen and oxygen atoms in total. The maximum absolute atomic E-state index is 12.7. The summed E-state index contributed by atoms with van der Waals surface area (Å²) < 4.78 is 7.77. The third kappa shape index (κ3) is 7.60. The van der Waals surface area contributed by atoms with E-state index < -0.39 is 0 Å². The van der Waals surface area contributed by atoms with Gasteiger partial charge >= 0.3 is 5.97 Å². The third-order valence-corrected chi connectivity index (χ3v) is 9.50. The number of ether oxygens (including phenoxy) is 1. The highest BCUT2D eigenvalue weighted by molar-refractivity contribution is 7.99. The number of aromatic nitrogens is 1. The van der Waals surface area contributed by atoms with E-state index in [-0.39, 0.29) is 5.97 Å². The van der Waals surface area contributed by atoms with Crippen LogP contribution in [0.25, 0.3) is 0 Å². The zero-order valence-corrected chi connectivity index (χ0v) is 26.2. The van der Waals surface area contributed by atoms with Crippen LogP contribution in [0.1, 0.15) is 27.9 Å². The van der Waals surface area contributed by atoms with Gasteiger partial charge in [0.05, 0.1) is 16.9 Å². The molecule has 2 aliphatic rings. The number of benzene rings is 3. The van der Waals surface area contributed by atoms with Crippen LogP contribution in [0.2, 0.25) is 5.02 Å². The van der Waals surface area contributed by atoms with E-state index >= 15 is 0 Å². The van der Waals surface area contributed by atoms with E-state index in [0.717, 1.165) is 69.4 Å². The first-order valence-electron chi connectivity index (χ1n) is 15.0. The van der Waals surface area contributed by atoms with E-state index in [2.05, 4.69) is 87.1 Å². The quantitative estimate of drug-likeness (QED) is 0.151. The Kier molecular flexibility index (Phi) is 9.64. The van der Waals surface area contributed by atoms with Gasteiger partial charge in [-0.15, -0.1) is 0 Å². The zero-order valence-electron chi connectivity index (χ0n) is 24.6. The molecule has 0 atom stereocenters. The molecule has 3 heterocycles. The van der Waals surface area contributed by atoms with E-state index in [0.29, 0.717) is 12.2 Å². The smallest absolute Gasteiger partial charge is 0.338 e. The molecular formula is C35H38ClN4O2S+. The summed E-state index contributed by atoms with van der Waals surface area (Å²) in [4.78, 5) is 22.7. The second-order valence-corrected chi connectivity index (χ2v) is 12.8. The van der Waals surface area contributed by atoms with Crippen molar-refractivity contribution in [3.8, 4) is 0 Å². The van der Waals surface area contributed by atoms with Crippen molar-refractivity contribution in [3.63, 3.8) is 0 Å². The van der Waals surface area contributed by atoms with E-state index in [9.17, 15) is 4.79 Å². The van der Waals surface area contributed by atoms with Gasteiger partial charge in [-0.25, -0.2) is 9.36 Å². The van der Waals surface area contributed by atoms with Crippen LogP contribution in [0.15, 0.2) is 101 Å². The molecule has 0 amide bonds. The summed E-state index contributed by atoms with van der Waals surface area (Å²) in [5.74, 6) is -0.255. The van der Waals surface area contributed by atoms with E-state index in [1.54, 1.807) is 0 Å². The van der Waals surface area contributed by atoms with Gasteiger partial charge in [0.25, 0.3) is 0 Å². The number of anilines is 2. The summed E-state index contributed by atoms with van der Waals surface area (Å²) in [5, 5.41) is 0.774. The van der Waals surface area contributed by atoms with Gasteiger partial charge in [-0.05, 0) is 67.9 Å². The molecule has 8 heteroatoms. The molecule has 222 valence electrons. The molecule has 0 bridgehead atoms. The zero-order chi connectivity index (χ0) is 29.6. The number of para-hydroxylation sites is 1. The minimum Gasteiger partial charge on any atom is -0.461 e. The molecule has 0 N–H and O–H groups in total. The Morgan fingerprint density at radius 2 is 1.58 bits per heavy atom. The average Bonchev–Trinajstić information content (AvgIpc) is 3.03. The predicted octanol–water partition coefficient (Wildman–Crippen LogP) is 6.45. The van der Waals surface area contributed by atoms with Crippen molar-refractivity contribution in [2.45, 2.75) is 29.7 Å². The summed E-state index contributed by atoms with van der Waals surface area (Å²) in [6.45, 7) is 10.0. The van der Waals surface area contributed by atoms with Crippen LogP contribution >= 0.6 is 23.4 Å². The third-order valence-electron chi connectivity index (χ3n) is 8.14. The number of rotatable bonds is 10. The number of esters is 1. The summed E-state index contributed by atoms with van der Waals surface area (Å²) in [6.07, 6.45) is 5.19. The van der Waals surface area contributed by atoms with Crippen molar-refractivity contribution >= 4 is 40.7 Å². The Morgan fingerprint density at radius 1 is 0.837 bits per heavy atom. The van der Waals surface area contributed by atoms with Crippen molar-refractivity contribution in [2.75, 3.05) is 57.3 Å². The molecule has 4 aromatic rings.